The van der Waals surface area contributed by atoms with Gasteiger partial charge >= 0.3 is 0 Å². The van der Waals surface area contributed by atoms with Gasteiger partial charge in [-0.15, -0.1) is 6.58 Å². The molecule has 24 heavy (non-hydrogen) atoms. The molecule has 6 fully saturated rings. The van der Waals surface area contributed by atoms with Crippen molar-refractivity contribution in [1.82, 2.24) is 0 Å². The molecule has 6 saturated carbocycles. The van der Waals surface area contributed by atoms with Crippen molar-refractivity contribution in [2.45, 2.75) is 85.2 Å². The standard InChI is InChI=1S/C23H39B/c1-8-9-24(20-12-16-10-18(14(20)2)22(16,4)5)21-13-17-11-19(15(21)3)23(17,6)7/h8,14-21H,1,9-13H2,2-7H3/t14-,15-,16-,17-,18+,19+,20+,21+/m0/s1. The Labute approximate surface area is 151 Å². The van der Waals surface area contributed by atoms with Crippen LogP contribution in [0, 0.1) is 46.3 Å². The summed E-state index contributed by atoms with van der Waals surface area (Å²) in [5, 5.41) is 0. The van der Waals surface area contributed by atoms with Crippen LogP contribution in [0.25, 0.3) is 0 Å². The smallest absolute Gasteiger partial charge is 0.104 e. The molecule has 0 aromatic heterocycles. The Morgan fingerprint density at radius 1 is 0.833 bits per heavy atom. The summed E-state index contributed by atoms with van der Waals surface area (Å²) in [6.45, 7) is 20.4. The van der Waals surface area contributed by atoms with Crippen LogP contribution in [-0.2, 0) is 0 Å². The molecule has 0 heterocycles. The van der Waals surface area contributed by atoms with Crippen LogP contribution in [-0.4, -0.2) is 6.71 Å². The van der Waals surface area contributed by atoms with E-state index in [2.05, 4.69) is 54.2 Å². The lowest BCUT2D eigenvalue weighted by molar-refractivity contribution is -0.107. The summed E-state index contributed by atoms with van der Waals surface area (Å²) >= 11 is 0. The highest BCUT2D eigenvalue weighted by atomic mass is 14.6. The largest absolute Gasteiger partial charge is 0.150 e. The SMILES string of the molecule is C=CCB([C@@H]1C[C@@H]2C[C@H]([C@@H]1C)C2(C)C)[C@@H]1C[C@@H]2C[C@H]([C@@H]1C)C2(C)C. The van der Waals surface area contributed by atoms with E-state index < -0.39 is 0 Å². The number of hydrogen-bond acceptors (Lipinski definition) is 0. The zero-order valence-electron chi connectivity index (χ0n) is 17.0. The maximum Gasteiger partial charge on any atom is 0.150 e. The average molecular weight is 326 g/mol. The molecule has 4 bridgehead atoms. The van der Waals surface area contributed by atoms with Crippen molar-refractivity contribution in [3.05, 3.63) is 12.7 Å². The lowest BCUT2D eigenvalue weighted by Crippen LogP contribution is -2.59. The molecule has 8 atom stereocenters. The molecule has 134 valence electrons. The predicted molar refractivity (Wildman–Crippen MR) is 107 cm³/mol. The van der Waals surface area contributed by atoms with Crippen LogP contribution in [0.15, 0.2) is 12.7 Å². The molecule has 0 aliphatic heterocycles. The van der Waals surface area contributed by atoms with E-state index in [4.69, 9.17) is 0 Å². The Balaban J connectivity index is 1.55. The van der Waals surface area contributed by atoms with Gasteiger partial charge in [0.05, 0.1) is 0 Å². The van der Waals surface area contributed by atoms with E-state index in [0.29, 0.717) is 10.8 Å². The zero-order valence-corrected chi connectivity index (χ0v) is 17.0. The van der Waals surface area contributed by atoms with Gasteiger partial charge in [-0.05, 0) is 59.2 Å². The number of hydrogen-bond donors (Lipinski definition) is 0. The molecule has 0 aromatic carbocycles. The third kappa shape index (κ3) is 2.11. The van der Waals surface area contributed by atoms with Gasteiger partial charge in [0.25, 0.3) is 0 Å². The van der Waals surface area contributed by atoms with Gasteiger partial charge in [0, 0.05) is 0 Å². The first kappa shape index (κ1) is 17.2. The summed E-state index contributed by atoms with van der Waals surface area (Å²) in [7, 11) is 0. The Kier molecular flexibility index (Phi) is 3.88. The summed E-state index contributed by atoms with van der Waals surface area (Å²) in [6.07, 6.45) is 9.56. The van der Waals surface area contributed by atoms with Gasteiger partial charge in [-0.2, -0.15) is 0 Å². The minimum atomic E-state index is 0.622. The minimum absolute atomic E-state index is 0.622. The van der Waals surface area contributed by atoms with Crippen LogP contribution in [0.4, 0.5) is 0 Å². The van der Waals surface area contributed by atoms with Crippen molar-refractivity contribution in [2.75, 3.05) is 0 Å². The Morgan fingerprint density at radius 3 is 1.54 bits per heavy atom. The van der Waals surface area contributed by atoms with Crippen molar-refractivity contribution in [2.24, 2.45) is 46.3 Å². The summed E-state index contributed by atoms with van der Waals surface area (Å²) in [4.78, 5) is 0. The molecule has 0 saturated heterocycles. The quantitative estimate of drug-likeness (QED) is 0.393. The molecule has 0 amide bonds. The van der Waals surface area contributed by atoms with Gasteiger partial charge in [0.15, 0.2) is 6.71 Å². The molecule has 6 aliphatic rings. The van der Waals surface area contributed by atoms with Crippen molar-refractivity contribution < 1.29 is 0 Å². The van der Waals surface area contributed by atoms with E-state index in [0.717, 1.165) is 53.9 Å². The molecule has 0 N–H and O–H groups in total. The van der Waals surface area contributed by atoms with Gasteiger partial charge in [-0.25, -0.2) is 0 Å². The van der Waals surface area contributed by atoms with E-state index in [1.807, 2.05) is 0 Å². The fourth-order valence-corrected chi connectivity index (χ4v) is 8.37. The van der Waals surface area contributed by atoms with Crippen LogP contribution in [0.2, 0.25) is 18.0 Å². The zero-order chi connectivity index (χ0) is 17.4. The second-order valence-corrected chi connectivity index (χ2v) is 11.4. The van der Waals surface area contributed by atoms with E-state index in [9.17, 15) is 0 Å². The van der Waals surface area contributed by atoms with E-state index >= 15 is 0 Å². The topological polar surface area (TPSA) is 0 Å². The van der Waals surface area contributed by atoms with E-state index in [-0.39, 0.29) is 0 Å². The van der Waals surface area contributed by atoms with Crippen LogP contribution in [0.3, 0.4) is 0 Å². The molecule has 0 aromatic rings. The van der Waals surface area contributed by atoms with E-state index in [1.54, 1.807) is 0 Å². The Morgan fingerprint density at radius 2 is 1.25 bits per heavy atom. The maximum absolute atomic E-state index is 4.16. The summed E-state index contributed by atoms with van der Waals surface area (Å²) in [5.74, 6) is 7.75. The average Bonchev–Trinajstić information content (AvgIpc) is 2.52. The van der Waals surface area contributed by atoms with Crippen LogP contribution in [0.5, 0.6) is 0 Å². The third-order valence-electron chi connectivity index (χ3n) is 10.4. The van der Waals surface area contributed by atoms with Crippen molar-refractivity contribution in [1.29, 1.82) is 0 Å². The maximum atomic E-state index is 4.16. The first-order valence-corrected chi connectivity index (χ1v) is 10.8. The predicted octanol–water partition coefficient (Wildman–Crippen LogP) is 6.81. The second-order valence-electron chi connectivity index (χ2n) is 11.4. The summed E-state index contributed by atoms with van der Waals surface area (Å²) < 4.78 is 0. The number of allylic oxidation sites excluding steroid dienone is 1. The second kappa shape index (κ2) is 5.40. The van der Waals surface area contributed by atoms with Crippen molar-refractivity contribution in [3.8, 4) is 0 Å². The van der Waals surface area contributed by atoms with Crippen LogP contribution < -0.4 is 0 Å². The highest BCUT2D eigenvalue weighted by Crippen LogP contribution is 2.69. The molecule has 0 spiro atoms. The van der Waals surface area contributed by atoms with Crippen molar-refractivity contribution >= 4 is 6.71 Å². The molecule has 1 heteroatoms. The van der Waals surface area contributed by atoms with Crippen LogP contribution in [0.1, 0.15) is 67.2 Å². The van der Waals surface area contributed by atoms with Gasteiger partial charge in [0.2, 0.25) is 0 Å². The Hall–Kier alpha value is -0.195. The highest BCUT2D eigenvalue weighted by Gasteiger charge is 2.61. The molecule has 6 aliphatic carbocycles. The first-order valence-electron chi connectivity index (χ1n) is 10.8. The van der Waals surface area contributed by atoms with Crippen LogP contribution >= 0.6 is 0 Å². The fourth-order valence-electron chi connectivity index (χ4n) is 8.37. The lowest BCUT2D eigenvalue weighted by Gasteiger charge is -2.66. The number of fused-ring (bicyclic) bond motifs is 4. The van der Waals surface area contributed by atoms with Gasteiger partial charge in [-0.3, -0.25) is 0 Å². The van der Waals surface area contributed by atoms with Crippen molar-refractivity contribution in [3.63, 3.8) is 0 Å². The molecular weight excluding hydrogens is 287 g/mol. The highest BCUT2D eigenvalue weighted by molar-refractivity contribution is 6.62. The van der Waals surface area contributed by atoms with E-state index in [1.165, 1.54) is 32.0 Å². The molecule has 0 unspecified atom stereocenters. The normalized spacial score (nSPS) is 50.4. The first-order chi connectivity index (χ1) is 11.2. The summed E-state index contributed by atoms with van der Waals surface area (Å²) in [5.41, 5.74) is 1.24. The summed E-state index contributed by atoms with van der Waals surface area (Å²) in [6, 6.07) is 0. The van der Waals surface area contributed by atoms with Gasteiger partial charge in [0.1, 0.15) is 0 Å². The van der Waals surface area contributed by atoms with Gasteiger partial charge < -0.3 is 0 Å². The molecule has 0 nitrogen and oxygen atoms in total. The minimum Gasteiger partial charge on any atom is -0.104 e. The molecular formula is C23H39B. The number of rotatable bonds is 4. The molecule has 0 radical (unpaired) electrons. The monoisotopic (exact) mass is 326 g/mol. The Bertz CT molecular complexity index is 476. The third-order valence-corrected chi connectivity index (χ3v) is 10.4. The fraction of sp³-hybridized carbons (Fsp3) is 0.913. The molecule has 6 rings (SSSR count). The lowest BCUT2D eigenvalue weighted by atomic mass is 9.20. The van der Waals surface area contributed by atoms with Gasteiger partial charge in [-0.1, -0.05) is 78.4 Å².